The van der Waals surface area contributed by atoms with Gasteiger partial charge in [0.25, 0.3) is 0 Å². The standard InChI is InChI=1S/C19H27N3O2/c1-14-11-21-18(15(2)19(14)23-3)12-20-16-6-8-22(9-7-16)13-17-5-4-10-24-17/h4-5,10-11,16,20H,6-9,12-13H2,1-3H3. The van der Waals surface area contributed by atoms with Crippen molar-refractivity contribution in [1.82, 2.24) is 15.2 Å². The third-order valence-corrected chi connectivity index (χ3v) is 4.86. The third-order valence-electron chi connectivity index (χ3n) is 4.86. The van der Waals surface area contributed by atoms with Crippen LogP contribution in [0, 0.1) is 13.8 Å². The lowest BCUT2D eigenvalue weighted by molar-refractivity contribution is 0.178. The molecule has 0 aliphatic carbocycles. The first-order valence-corrected chi connectivity index (χ1v) is 8.64. The van der Waals surface area contributed by atoms with Gasteiger partial charge in [0.05, 0.1) is 25.6 Å². The summed E-state index contributed by atoms with van der Waals surface area (Å²) < 4.78 is 10.9. The van der Waals surface area contributed by atoms with Crippen molar-refractivity contribution in [3.63, 3.8) is 0 Å². The molecule has 130 valence electrons. The van der Waals surface area contributed by atoms with Gasteiger partial charge in [-0.05, 0) is 38.8 Å². The molecule has 1 aliphatic rings. The summed E-state index contributed by atoms with van der Waals surface area (Å²) in [6.45, 7) is 8.03. The Bertz CT molecular complexity index is 647. The molecule has 0 amide bonds. The first-order valence-electron chi connectivity index (χ1n) is 8.64. The second-order valence-corrected chi connectivity index (χ2v) is 6.56. The summed E-state index contributed by atoms with van der Waals surface area (Å²) in [6, 6.07) is 4.55. The molecule has 0 bridgehead atoms. The average molecular weight is 329 g/mol. The average Bonchev–Trinajstić information content (AvgIpc) is 3.09. The molecular formula is C19H27N3O2. The van der Waals surface area contributed by atoms with E-state index in [-0.39, 0.29) is 0 Å². The third kappa shape index (κ3) is 3.97. The van der Waals surface area contributed by atoms with Gasteiger partial charge in [-0.25, -0.2) is 0 Å². The minimum absolute atomic E-state index is 0.548. The zero-order valence-electron chi connectivity index (χ0n) is 14.8. The molecule has 1 saturated heterocycles. The summed E-state index contributed by atoms with van der Waals surface area (Å²) in [6.07, 6.45) is 5.95. The van der Waals surface area contributed by atoms with Crippen LogP contribution in [-0.2, 0) is 13.1 Å². The van der Waals surface area contributed by atoms with E-state index in [0.29, 0.717) is 6.04 Å². The second-order valence-electron chi connectivity index (χ2n) is 6.56. The number of piperidine rings is 1. The summed E-state index contributed by atoms with van der Waals surface area (Å²) in [7, 11) is 1.72. The van der Waals surface area contributed by atoms with Gasteiger partial charge >= 0.3 is 0 Å². The van der Waals surface area contributed by atoms with E-state index >= 15 is 0 Å². The van der Waals surface area contributed by atoms with E-state index in [1.807, 2.05) is 25.3 Å². The Labute approximate surface area is 144 Å². The highest BCUT2D eigenvalue weighted by Gasteiger charge is 2.20. The molecule has 5 heteroatoms. The number of furan rings is 1. The number of pyridine rings is 1. The Kier molecular flexibility index (Phi) is 5.53. The van der Waals surface area contributed by atoms with Crippen LogP contribution in [0.5, 0.6) is 5.75 Å². The van der Waals surface area contributed by atoms with Gasteiger partial charge in [-0.2, -0.15) is 0 Å². The molecule has 5 nitrogen and oxygen atoms in total. The molecule has 0 atom stereocenters. The highest BCUT2D eigenvalue weighted by Crippen LogP contribution is 2.24. The highest BCUT2D eigenvalue weighted by molar-refractivity contribution is 5.41. The van der Waals surface area contributed by atoms with Crippen LogP contribution >= 0.6 is 0 Å². The van der Waals surface area contributed by atoms with E-state index in [1.54, 1.807) is 13.4 Å². The number of nitrogens with one attached hydrogen (secondary N) is 1. The van der Waals surface area contributed by atoms with Gasteiger partial charge in [0.15, 0.2) is 0 Å². The number of aromatic nitrogens is 1. The van der Waals surface area contributed by atoms with E-state index in [1.165, 1.54) is 0 Å². The van der Waals surface area contributed by atoms with Crippen LogP contribution in [0.2, 0.25) is 0 Å². The number of likely N-dealkylation sites (tertiary alicyclic amines) is 1. The second kappa shape index (κ2) is 7.81. The summed E-state index contributed by atoms with van der Waals surface area (Å²) in [5, 5.41) is 3.66. The number of hydrogen-bond acceptors (Lipinski definition) is 5. The molecule has 1 fully saturated rings. The maximum Gasteiger partial charge on any atom is 0.128 e. The van der Waals surface area contributed by atoms with Crippen LogP contribution in [0.15, 0.2) is 29.0 Å². The zero-order chi connectivity index (χ0) is 16.9. The molecular weight excluding hydrogens is 302 g/mol. The van der Waals surface area contributed by atoms with Crippen molar-refractivity contribution in [3.05, 3.63) is 47.2 Å². The maximum absolute atomic E-state index is 5.49. The smallest absolute Gasteiger partial charge is 0.128 e. The van der Waals surface area contributed by atoms with Crippen LogP contribution in [0.1, 0.15) is 35.4 Å². The Morgan fingerprint density at radius 1 is 1.33 bits per heavy atom. The SMILES string of the molecule is COc1c(C)cnc(CNC2CCN(Cc3ccco3)CC2)c1C. The molecule has 2 aromatic heterocycles. The van der Waals surface area contributed by atoms with Crippen molar-refractivity contribution >= 4 is 0 Å². The van der Waals surface area contributed by atoms with Gasteiger partial charge in [-0.1, -0.05) is 0 Å². The topological polar surface area (TPSA) is 50.5 Å². The molecule has 1 aliphatic heterocycles. The summed E-state index contributed by atoms with van der Waals surface area (Å²) in [4.78, 5) is 7.02. The van der Waals surface area contributed by atoms with E-state index in [4.69, 9.17) is 9.15 Å². The minimum atomic E-state index is 0.548. The minimum Gasteiger partial charge on any atom is -0.496 e. The van der Waals surface area contributed by atoms with Crippen molar-refractivity contribution < 1.29 is 9.15 Å². The molecule has 3 heterocycles. The fraction of sp³-hybridized carbons (Fsp3) is 0.526. The van der Waals surface area contributed by atoms with Crippen molar-refractivity contribution in [1.29, 1.82) is 0 Å². The number of aryl methyl sites for hydroxylation is 1. The quantitative estimate of drug-likeness (QED) is 0.883. The van der Waals surface area contributed by atoms with Gasteiger partial charge in [0, 0.05) is 43.0 Å². The molecule has 0 unspecified atom stereocenters. The Hall–Kier alpha value is -1.85. The predicted molar refractivity (Wildman–Crippen MR) is 94.1 cm³/mol. The molecule has 24 heavy (non-hydrogen) atoms. The first-order chi connectivity index (χ1) is 11.7. The monoisotopic (exact) mass is 329 g/mol. The lowest BCUT2D eigenvalue weighted by atomic mass is 10.0. The molecule has 0 aromatic carbocycles. The zero-order valence-corrected chi connectivity index (χ0v) is 14.8. The summed E-state index contributed by atoms with van der Waals surface area (Å²) in [5.41, 5.74) is 3.31. The van der Waals surface area contributed by atoms with Gasteiger partial charge < -0.3 is 14.5 Å². The molecule has 0 spiro atoms. The summed E-state index contributed by atoms with van der Waals surface area (Å²) >= 11 is 0. The van der Waals surface area contributed by atoms with Crippen molar-refractivity contribution in [2.45, 2.75) is 45.8 Å². The lowest BCUT2D eigenvalue weighted by Crippen LogP contribution is -2.42. The fourth-order valence-corrected chi connectivity index (χ4v) is 3.41. The number of methoxy groups -OCH3 is 1. The molecule has 0 radical (unpaired) electrons. The largest absolute Gasteiger partial charge is 0.496 e. The van der Waals surface area contributed by atoms with E-state index in [9.17, 15) is 0 Å². The van der Waals surface area contributed by atoms with Crippen LogP contribution in [-0.4, -0.2) is 36.1 Å². The molecule has 0 saturated carbocycles. The Morgan fingerprint density at radius 3 is 2.79 bits per heavy atom. The van der Waals surface area contributed by atoms with E-state index in [2.05, 4.69) is 22.1 Å². The Balaban J connectivity index is 1.48. The molecule has 1 N–H and O–H groups in total. The first kappa shape index (κ1) is 17.0. The normalized spacial score (nSPS) is 16.5. The van der Waals surface area contributed by atoms with Gasteiger partial charge in [0.2, 0.25) is 0 Å². The Morgan fingerprint density at radius 2 is 2.12 bits per heavy atom. The predicted octanol–water partition coefficient (Wildman–Crippen LogP) is 3.05. The van der Waals surface area contributed by atoms with Crippen molar-refractivity contribution in [2.24, 2.45) is 0 Å². The molecule has 3 rings (SSSR count). The van der Waals surface area contributed by atoms with Crippen molar-refractivity contribution in [3.8, 4) is 5.75 Å². The van der Waals surface area contributed by atoms with Crippen LogP contribution in [0.3, 0.4) is 0 Å². The van der Waals surface area contributed by atoms with Gasteiger partial charge in [0.1, 0.15) is 11.5 Å². The number of nitrogens with zero attached hydrogens (tertiary/aromatic N) is 2. The van der Waals surface area contributed by atoms with Crippen LogP contribution < -0.4 is 10.1 Å². The van der Waals surface area contributed by atoms with Crippen LogP contribution in [0.4, 0.5) is 0 Å². The number of hydrogen-bond donors (Lipinski definition) is 1. The van der Waals surface area contributed by atoms with E-state index in [0.717, 1.165) is 67.4 Å². The number of ether oxygens (including phenoxy) is 1. The van der Waals surface area contributed by atoms with E-state index < -0.39 is 0 Å². The van der Waals surface area contributed by atoms with Crippen LogP contribution in [0.25, 0.3) is 0 Å². The lowest BCUT2D eigenvalue weighted by Gasteiger charge is -2.32. The van der Waals surface area contributed by atoms with Gasteiger partial charge in [-0.15, -0.1) is 0 Å². The van der Waals surface area contributed by atoms with Gasteiger partial charge in [-0.3, -0.25) is 9.88 Å². The highest BCUT2D eigenvalue weighted by atomic mass is 16.5. The summed E-state index contributed by atoms with van der Waals surface area (Å²) in [5.74, 6) is 2.00. The maximum atomic E-state index is 5.49. The van der Waals surface area contributed by atoms with Crippen molar-refractivity contribution in [2.75, 3.05) is 20.2 Å². The number of rotatable bonds is 6. The molecule has 2 aromatic rings. The fourth-order valence-electron chi connectivity index (χ4n) is 3.41.